The van der Waals surface area contributed by atoms with E-state index in [1.807, 2.05) is 34.6 Å². The Morgan fingerprint density at radius 3 is 2.38 bits per heavy atom. The van der Waals surface area contributed by atoms with Gasteiger partial charge in [0, 0.05) is 62.3 Å². The van der Waals surface area contributed by atoms with E-state index in [0.29, 0.717) is 5.75 Å². The van der Waals surface area contributed by atoms with E-state index >= 15 is 0 Å². The fourth-order valence-electron chi connectivity index (χ4n) is 8.48. The highest BCUT2D eigenvalue weighted by Crippen LogP contribution is 2.50. The number of hydrogen-bond donors (Lipinski definition) is 4. The molecule has 4 bridgehead atoms. The smallest absolute Gasteiger partial charge is 0.312 e. The Labute approximate surface area is 371 Å². The van der Waals surface area contributed by atoms with Crippen LogP contribution in [-0.2, 0) is 28.6 Å². The number of ether oxygens (including phenoxy) is 5. The molecule has 0 saturated carbocycles. The summed E-state index contributed by atoms with van der Waals surface area (Å²) in [7, 11) is 1.50. The van der Waals surface area contributed by atoms with Crippen LogP contribution in [0.25, 0.3) is 33.3 Å². The van der Waals surface area contributed by atoms with Crippen LogP contribution in [0.5, 0.6) is 17.2 Å². The van der Waals surface area contributed by atoms with Crippen molar-refractivity contribution in [1.29, 1.82) is 0 Å². The number of phenols is 1. The molecule has 342 valence electrons. The van der Waals surface area contributed by atoms with Crippen molar-refractivity contribution in [2.24, 2.45) is 29.6 Å². The summed E-state index contributed by atoms with van der Waals surface area (Å²) in [6.07, 6.45) is 5.61. The monoisotopic (exact) mass is 883 g/mol. The molecular formula is C48H57N3O13. The van der Waals surface area contributed by atoms with Crippen molar-refractivity contribution in [1.82, 2.24) is 10.3 Å². The zero-order chi connectivity index (χ0) is 46.9. The van der Waals surface area contributed by atoms with Gasteiger partial charge in [-0.2, -0.15) is 0 Å². The lowest BCUT2D eigenvalue weighted by atomic mass is 9.73. The Hall–Kier alpha value is -6.26. The van der Waals surface area contributed by atoms with Gasteiger partial charge < -0.3 is 48.9 Å². The summed E-state index contributed by atoms with van der Waals surface area (Å²) < 4.78 is 36.3. The van der Waals surface area contributed by atoms with Crippen LogP contribution in [0.1, 0.15) is 78.2 Å². The first-order valence-corrected chi connectivity index (χ1v) is 21.3. The molecule has 3 aliphatic heterocycles. The van der Waals surface area contributed by atoms with Gasteiger partial charge in [0.1, 0.15) is 46.9 Å². The average molecular weight is 884 g/mol. The number of anilines is 1. The molecule has 4 aliphatic rings. The van der Waals surface area contributed by atoms with Gasteiger partial charge in [0.05, 0.1) is 36.0 Å². The second-order valence-corrected chi connectivity index (χ2v) is 17.1. The number of carbonyl (C=O) groups excluding carboxylic acids is 4. The number of allylic oxidation sites excluding steroid dienone is 2. The molecule has 9 atom stereocenters. The van der Waals surface area contributed by atoms with Crippen molar-refractivity contribution in [3.63, 3.8) is 0 Å². The second kappa shape index (κ2) is 18.8. The number of esters is 1. The minimum Gasteiger partial charge on any atom is -0.507 e. The number of Topliss-reactive ketones (excluding diaryl/α,β-unsaturated/α-hetero) is 1. The average Bonchev–Trinajstić information content (AvgIpc) is 3.52. The lowest BCUT2D eigenvalue weighted by Crippen LogP contribution is -2.43. The van der Waals surface area contributed by atoms with E-state index in [2.05, 4.69) is 10.6 Å². The van der Waals surface area contributed by atoms with E-state index in [1.165, 1.54) is 47.1 Å². The molecule has 64 heavy (non-hydrogen) atoms. The molecule has 0 aromatic heterocycles. The van der Waals surface area contributed by atoms with Gasteiger partial charge in [0.15, 0.2) is 11.3 Å². The number of benzene rings is 3. The Balaban J connectivity index is 1.56. The van der Waals surface area contributed by atoms with Crippen molar-refractivity contribution in [3.8, 4) is 28.7 Å². The van der Waals surface area contributed by atoms with Gasteiger partial charge in [-0.15, -0.1) is 0 Å². The maximum absolute atomic E-state index is 14.7. The number of phenolic OH excluding ortho intramolecular Hbond substituents is 1. The third-order valence-electron chi connectivity index (χ3n) is 12.6. The maximum atomic E-state index is 14.7. The quantitative estimate of drug-likeness (QED) is 0.0682. The fourth-order valence-corrected chi connectivity index (χ4v) is 8.48. The number of hydrogen-bond acceptors (Lipinski definition) is 14. The standard InChI is InChI=1S/C48H57N3O13/c1-22-13-12-14-23(2)47(58)51-39-42(56)36-35(38-45(39)63-34-21-31(15-16-32(34)50-38)60-20-18-49-29(8)52)37-44(28(7)41(36)55)64-48(10,46(37)57)61-19-17-33(59-11)27(6)43(62-30(9)53)26(5)24(3)25(4)40(22)54/h12-17,19,21-22,24-27,33,40,43,54-55H,18,20H2,1-11H3,(H,49,52)(H,51,58)/b13-12+,19-17+,23-14-/t22-,24+,25-,26+,27+,33-,40-,43-,48-/m0/s1. The van der Waals surface area contributed by atoms with Crippen LogP contribution < -0.4 is 25.5 Å². The predicted octanol–water partition coefficient (Wildman–Crippen LogP) is 6.74. The first kappa shape index (κ1) is 47.2. The number of aliphatic hydroxyl groups excluding tert-OH is 1. The zero-order valence-electron chi connectivity index (χ0n) is 38.0. The number of aromatic nitrogens is 1. The molecule has 0 unspecified atom stereocenters. The Kier molecular flexibility index (Phi) is 13.9. The van der Waals surface area contributed by atoms with E-state index in [1.54, 1.807) is 43.4 Å². The molecule has 1 aliphatic carbocycles. The lowest BCUT2D eigenvalue weighted by Gasteiger charge is -2.39. The summed E-state index contributed by atoms with van der Waals surface area (Å²) >= 11 is 0. The van der Waals surface area contributed by atoms with Crippen LogP contribution in [-0.4, -0.2) is 83.1 Å². The molecule has 16 heteroatoms. The van der Waals surface area contributed by atoms with Gasteiger partial charge >= 0.3 is 11.8 Å². The molecule has 3 heterocycles. The van der Waals surface area contributed by atoms with Gasteiger partial charge in [0.2, 0.25) is 11.3 Å². The van der Waals surface area contributed by atoms with Gasteiger partial charge in [-0.1, -0.05) is 52.8 Å². The summed E-state index contributed by atoms with van der Waals surface area (Å²) in [4.78, 5) is 72.0. The lowest BCUT2D eigenvalue weighted by molar-refractivity contribution is -0.157. The van der Waals surface area contributed by atoms with E-state index < -0.39 is 58.9 Å². The maximum Gasteiger partial charge on any atom is 0.312 e. The highest BCUT2D eigenvalue weighted by Gasteiger charge is 2.50. The number of carbonyl (C=O) groups is 4. The van der Waals surface area contributed by atoms with Crippen LogP contribution >= 0.6 is 0 Å². The van der Waals surface area contributed by atoms with Crippen LogP contribution in [0.15, 0.2) is 63.6 Å². The summed E-state index contributed by atoms with van der Waals surface area (Å²) in [5.41, 5.74) is -0.675. The molecule has 2 aromatic carbocycles. The van der Waals surface area contributed by atoms with E-state index in [4.69, 9.17) is 33.1 Å². The van der Waals surface area contributed by atoms with E-state index in [0.717, 1.165) is 0 Å². The van der Waals surface area contributed by atoms with E-state index in [-0.39, 0.29) is 104 Å². The van der Waals surface area contributed by atoms with Crippen LogP contribution in [0.4, 0.5) is 5.69 Å². The number of amides is 2. The molecule has 0 saturated heterocycles. The number of aromatic hydroxyl groups is 1. The number of ketones is 1. The van der Waals surface area contributed by atoms with Crippen LogP contribution in [0.2, 0.25) is 0 Å². The third kappa shape index (κ3) is 9.06. The molecule has 6 rings (SSSR count). The van der Waals surface area contributed by atoms with Crippen molar-refractivity contribution in [2.45, 2.75) is 93.3 Å². The topological polar surface area (TPSA) is 222 Å². The first-order valence-electron chi connectivity index (χ1n) is 21.3. The SMILES string of the molecule is CO[C@H]1/C=C/O[C@@]2(C)Oc3c(C)c(O)c4c(=O)c(c5oc6cc(OCCNC(C)=O)ccc6nc-5c4c3C2=O)NC(=O)/C(C)=C\C=C\[C@H](C)[C@H](O)[C@@H](C)[C@@H](C)[C@@H](C)[C@H](OC(C)=O)[C@@H]1C. The van der Waals surface area contributed by atoms with Gasteiger partial charge in [0.25, 0.3) is 11.7 Å². The highest BCUT2D eigenvalue weighted by molar-refractivity contribution is 6.22. The summed E-state index contributed by atoms with van der Waals surface area (Å²) in [5.74, 6) is -6.01. The molecular weight excluding hydrogens is 827 g/mol. The molecule has 0 radical (unpaired) electrons. The number of nitrogens with zero attached hydrogens (tertiary/aromatic N) is 1. The third-order valence-corrected chi connectivity index (χ3v) is 12.6. The van der Waals surface area contributed by atoms with Gasteiger partial charge in [-0.25, -0.2) is 4.98 Å². The molecule has 2 amide bonds. The largest absolute Gasteiger partial charge is 0.507 e. The number of fused-ring (bicyclic) bond motifs is 2. The molecule has 0 fully saturated rings. The predicted molar refractivity (Wildman–Crippen MR) is 238 cm³/mol. The minimum atomic E-state index is -2.02. The Bertz CT molecular complexity index is 2610. The van der Waals surface area contributed by atoms with Crippen LogP contribution in [0.3, 0.4) is 0 Å². The summed E-state index contributed by atoms with van der Waals surface area (Å²) in [5, 5.41) is 28.3. The van der Waals surface area contributed by atoms with Crippen molar-refractivity contribution < 1.29 is 57.5 Å². The summed E-state index contributed by atoms with van der Waals surface area (Å²) in [6.45, 7) is 17.1. The van der Waals surface area contributed by atoms with E-state index in [9.17, 15) is 34.2 Å². The second-order valence-electron chi connectivity index (χ2n) is 17.1. The number of nitrogens with one attached hydrogen (secondary N) is 2. The number of methoxy groups -OCH3 is 1. The first-order chi connectivity index (χ1) is 30.2. The van der Waals surface area contributed by atoms with Gasteiger partial charge in [-0.3, -0.25) is 24.0 Å². The van der Waals surface area contributed by atoms with Crippen molar-refractivity contribution in [2.75, 3.05) is 25.6 Å². The minimum absolute atomic E-state index is 0.0407. The Morgan fingerprint density at radius 2 is 1.70 bits per heavy atom. The Morgan fingerprint density at radius 1 is 0.984 bits per heavy atom. The normalized spacial score (nSPS) is 28.5. The molecule has 4 N–H and O–H groups in total. The molecule has 0 spiro atoms. The molecule has 16 nitrogen and oxygen atoms in total. The number of aliphatic hydroxyl groups is 1. The van der Waals surface area contributed by atoms with Crippen LogP contribution in [0, 0.1) is 36.5 Å². The van der Waals surface area contributed by atoms with Gasteiger partial charge in [-0.05, 0) is 49.8 Å². The summed E-state index contributed by atoms with van der Waals surface area (Å²) in [6, 6.07) is 4.76. The zero-order valence-corrected chi connectivity index (χ0v) is 38.0. The highest BCUT2D eigenvalue weighted by atomic mass is 16.7. The number of rotatable bonds is 6. The van der Waals surface area contributed by atoms with Crippen molar-refractivity contribution >= 4 is 51.1 Å². The molecule has 2 aromatic rings. The van der Waals surface area contributed by atoms with Crippen molar-refractivity contribution in [3.05, 3.63) is 75.7 Å². The fraction of sp³-hybridized carbons (Fsp3) is 0.458.